The number of rotatable bonds is 7. The third-order valence-electron chi connectivity index (χ3n) is 2.67. The van der Waals surface area contributed by atoms with E-state index in [-0.39, 0.29) is 11.4 Å². The molecule has 0 saturated carbocycles. The molecule has 118 valence electrons. The van der Waals surface area contributed by atoms with E-state index in [1.807, 2.05) is 56.8 Å². The molecule has 21 heavy (non-hydrogen) atoms. The molecule has 0 bridgehead atoms. The number of benzene rings is 1. The van der Waals surface area contributed by atoms with Gasteiger partial charge in [-0.2, -0.15) is 11.8 Å². The van der Waals surface area contributed by atoms with Crippen molar-refractivity contribution in [1.82, 2.24) is 5.32 Å². The molecule has 0 unspecified atom stereocenters. The lowest BCUT2D eigenvalue weighted by molar-refractivity contribution is 0.0920. The van der Waals surface area contributed by atoms with E-state index in [0.29, 0.717) is 5.56 Å². The SMILES string of the molecule is CC(C)CSCCNc1ccccc1C(=O)NC(C)(C)C. The molecule has 0 radical (unpaired) electrons. The van der Waals surface area contributed by atoms with Crippen molar-refractivity contribution in [2.75, 3.05) is 23.4 Å². The lowest BCUT2D eigenvalue weighted by atomic mass is 10.1. The number of nitrogens with one attached hydrogen (secondary N) is 2. The zero-order valence-corrected chi connectivity index (χ0v) is 14.6. The molecular weight excluding hydrogens is 280 g/mol. The standard InChI is InChI=1S/C17H28N2OS/c1-13(2)12-21-11-10-18-15-9-7-6-8-14(15)16(20)19-17(3,4)5/h6-9,13,18H,10-12H2,1-5H3,(H,19,20). The second kappa shape index (κ2) is 8.32. The van der Waals surface area contributed by atoms with Gasteiger partial charge in [0.25, 0.3) is 5.91 Å². The Kier molecular flexibility index (Phi) is 7.09. The maximum absolute atomic E-state index is 12.3. The molecule has 0 fully saturated rings. The predicted octanol–water partition coefficient (Wildman–Crippen LogP) is 4.02. The van der Waals surface area contributed by atoms with Gasteiger partial charge in [0, 0.05) is 23.5 Å². The largest absolute Gasteiger partial charge is 0.384 e. The number of amides is 1. The Balaban J connectivity index is 2.57. The molecule has 2 N–H and O–H groups in total. The Morgan fingerprint density at radius 1 is 1.24 bits per heavy atom. The van der Waals surface area contributed by atoms with Crippen molar-refractivity contribution < 1.29 is 4.79 Å². The highest BCUT2D eigenvalue weighted by molar-refractivity contribution is 7.99. The maximum atomic E-state index is 12.3. The highest BCUT2D eigenvalue weighted by atomic mass is 32.2. The van der Waals surface area contributed by atoms with E-state index < -0.39 is 0 Å². The van der Waals surface area contributed by atoms with Gasteiger partial charge in [0.15, 0.2) is 0 Å². The van der Waals surface area contributed by atoms with E-state index >= 15 is 0 Å². The van der Waals surface area contributed by atoms with Crippen molar-refractivity contribution in [3.05, 3.63) is 29.8 Å². The fraction of sp³-hybridized carbons (Fsp3) is 0.588. The Morgan fingerprint density at radius 2 is 1.90 bits per heavy atom. The highest BCUT2D eigenvalue weighted by Crippen LogP contribution is 2.16. The minimum absolute atomic E-state index is 0.0274. The van der Waals surface area contributed by atoms with Gasteiger partial charge in [-0.25, -0.2) is 0 Å². The quantitative estimate of drug-likeness (QED) is 0.748. The summed E-state index contributed by atoms with van der Waals surface area (Å²) in [7, 11) is 0. The molecule has 4 heteroatoms. The molecule has 0 atom stereocenters. The van der Waals surface area contributed by atoms with Crippen LogP contribution in [0.4, 0.5) is 5.69 Å². The van der Waals surface area contributed by atoms with Crippen LogP contribution in [0, 0.1) is 5.92 Å². The van der Waals surface area contributed by atoms with Crippen molar-refractivity contribution in [1.29, 1.82) is 0 Å². The maximum Gasteiger partial charge on any atom is 0.253 e. The van der Waals surface area contributed by atoms with Crippen LogP contribution in [0.3, 0.4) is 0 Å². The van der Waals surface area contributed by atoms with Crippen molar-refractivity contribution in [3.63, 3.8) is 0 Å². The van der Waals surface area contributed by atoms with E-state index in [4.69, 9.17) is 0 Å². The number of thioether (sulfide) groups is 1. The number of carbonyl (C=O) groups excluding carboxylic acids is 1. The number of carbonyl (C=O) groups is 1. The summed E-state index contributed by atoms with van der Waals surface area (Å²) in [6.07, 6.45) is 0. The van der Waals surface area contributed by atoms with Crippen LogP contribution in [0.15, 0.2) is 24.3 Å². The van der Waals surface area contributed by atoms with Gasteiger partial charge in [0.2, 0.25) is 0 Å². The van der Waals surface area contributed by atoms with Crippen LogP contribution in [0.2, 0.25) is 0 Å². The van der Waals surface area contributed by atoms with Crippen LogP contribution in [0.25, 0.3) is 0 Å². The van der Waals surface area contributed by atoms with Crippen LogP contribution >= 0.6 is 11.8 Å². The summed E-state index contributed by atoms with van der Waals surface area (Å²) >= 11 is 1.94. The summed E-state index contributed by atoms with van der Waals surface area (Å²) < 4.78 is 0. The summed E-state index contributed by atoms with van der Waals surface area (Å²) in [5.74, 6) is 2.92. The first-order valence-corrected chi connectivity index (χ1v) is 8.68. The van der Waals surface area contributed by atoms with Crippen molar-refractivity contribution in [2.24, 2.45) is 5.92 Å². The molecule has 0 heterocycles. The van der Waals surface area contributed by atoms with Gasteiger partial charge < -0.3 is 10.6 Å². The fourth-order valence-electron chi connectivity index (χ4n) is 1.82. The average Bonchev–Trinajstić information content (AvgIpc) is 2.36. The first kappa shape index (κ1) is 17.9. The zero-order chi connectivity index (χ0) is 15.9. The first-order valence-electron chi connectivity index (χ1n) is 7.53. The van der Waals surface area contributed by atoms with Gasteiger partial charge in [0.05, 0.1) is 5.56 Å². The number of anilines is 1. The van der Waals surface area contributed by atoms with Crippen LogP contribution in [0.1, 0.15) is 45.0 Å². The van der Waals surface area contributed by atoms with Gasteiger partial charge >= 0.3 is 0 Å². The fourth-order valence-corrected chi connectivity index (χ4v) is 2.70. The van der Waals surface area contributed by atoms with Crippen LogP contribution in [-0.2, 0) is 0 Å². The molecule has 0 aliphatic carbocycles. The molecule has 1 aromatic carbocycles. The summed E-state index contributed by atoms with van der Waals surface area (Å²) in [4.78, 5) is 12.3. The topological polar surface area (TPSA) is 41.1 Å². The molecule has 1 aromatic rings. The number of para-hydroxylation sites is 1. The third-order valence-corrected chi connectivity index (χ3v) is 4.07. The molecule has 3 nitrogen and oxygen atoms in total. The molecule has 1 rings (SSSR count). The minimum Gasteiger partial charge on any atom is -0.384 e. The lowest BCUT2D eigenvalue weighted by Crippen LogP contribution is -2.40. The van der Waals surface area contributed by atoms with Crippen LogP contribution in [0.5, 0.6) is 0 Å². The van der Waals surface area contributed by atoms with E-state index in [0.717, 1.165) is 23.9 Å². The van der Waals surface area contributed by atoms with Crippen LogP contribution in [-0.4, -0.2) is 29.5 Å². The Morgan fingerprint density at radius 3 is 2.52 bits per heavy atom. The summed E-state index contributed by atoms with van der Waals surface area (Å²) in [5, 5.41) is 6.38. The smallest absolute Gasteiger partial charge is 0.253 e. The van der Waals surface area contributed by atoms with Gasteiger partial charge in [-0.3, -0.25) is 4.79 Å². The Hall–Kier alpha value is -1.16. The van der Waals surface area contributed by atoms with Crippen LogP contribution < -0.4 is 10.6 Å². The molecule has 0 spiro atoms. The van der Waals surface area contributed by atoms with E-state index in [2.05, 4.69) is 24.5 Å². The van der Waals surface area contributed by atoms with Gasteiger partial charge in [-0.15, -0.1) is 0 Å². The summed E-state index contributed by atoms with van der Waals surface area (Å²) in [6, 6.07) is 7.68. The zero-order valence-electron chi connectivity index (χ0n) is 13.8. The van der Waals surface area contributed by atoms with Gasteiger partial charge in [0.1, 0.15) is 0 Å². The van der Waals surface area contributed by atoms with Gasteiger partial charge in [-0.1, -0.05) is 26.0 Å². The van der Waals surface area contributed by atoms with E-state index in [9.17, 15) is 4.79 Å². The lowest BCUT2D eigenvalue weighted by Gasteiger charge is -2.21. The number of hydrogen-bond acceptors (Lipinski definition) is 3. The monoisotopic (exact) mass is 308 g/mol. The van der Waals surface area contributed by atoms with Crippen molar-refractivity contribution in [2.45, 2.75) is 40.2 Å². The first-order chi connectivity index (χ1) is 9.79. The van der Waals surface area contributed by atoms with E-state index in [1.165, 1.54) is 5.75 Å². The van der Waals surface area contributed by atoms with Crippen molar-refractivity contribution in [3.8, 4) is 0 Å². The Labute approximate surface area is 133 Å². The normalized spacial score (nSPS) is 11.5. The second-order valence-electron chi connectivity index (χ2n) is 6.65. The van der Waals surface area contributed by atoms with E-state index in [1.54, 1.807) is 0 Å². The molecular formula is C17H28N2OS. The molecule has 0 saturated heterocycles. The highest BCUT2D eigenvalue weighted by Gasteiger charge is 2.17. The predicted molar refractivity (Wildman–Crippen MR) is 94.3 cm³/mol. The summed E-state index contributed by atoms with van der Waals surface area (Å²) in [5.41, 5.74) is 1.39. The van der Waals surface area contributed by atoms with Crippen molar-refractivity contribution >= 4 is 23.4 Å². The number of hydrogen-bond donors (Lipinski definition) is 2. The summed E-state index contributed by atoms with van der Waals surface area (Å²) in [6.45, 7) is 11.3. The molecule has 0 aromatic heterocycles. The Bertz CT molecular complexity index is 452. The minimum atomic E-state index is -0.225. The molecule has 0 aliphatic heterocycles. The molecule has 0 aliphatic rings. The van der Waals surface area contributed by atoms with Gasteiger partial charge in [-0.05, 0) is 44.6 Å². The second-order valence-corrected chi connectivity index (χ2v) is 7.80. The molecule has 1 amide bonds. The third kappa shape index (κ3) is 7.42. The average molecular weight is 308 g/mol.